The Labute approximate surface area is 139 Å². The van der Waals surface area contributed by atoms with E-state index in [0.717, 1.165) is 6.42 Å². The third-order valence-corrected chi connectivity index (χ3v) is 4.95. The standard InChI is InChI=1S/2C8H12O4/c9-7(10)5-1-2-6(4-3-5)8(11)12;9-6(10)8(7(11)12)4-2-1-3-5-8/h5-6H,1-4H2,(H,9,10)(H,11,12);1-5H2,(H,9,10)(H,11,12). The number of carboxylic acids is 4. The van der Waals surface area contributed by atoms with E-state index in [2.05, 4.69) is 0 Å². The van der Waals surface area contributed by atoms with Crippen LogP contribution in [0.4, 0.5) is 0 Å². The Hall–Kier alpha value is -2.12. The second kappa shape index (κ2) is 8.65. The van der Waals surface area contributed by atoms with Crippen molar-refractivity contribution in [1.29, 1.82) is 0 Å². The van der Waals surface area contributed by atoms with Crippen molar-refractivity contribution >= 4 is 23.9 Å². The highest BCUT2D eigenvalue weighted by atomic mass is 16.4. The van der Waals surface area contributed by atoms with Crippen LogP contribution in [-0.2, 0) is 19.2 Å². The van der Waals surface area contributed by atoms with Crippen molar-refractivity contribution in [2.45, 2.75) is 57.8 Å². The molecule has 0 radical (unpaired) electrons. The van der Waals surface area contributed by atoms with Crippen LogP contribution in [0.5, 0.6) is 0 Å². The highest BCUT2D eigenvalue weighted by Crippen LogP contribution is 2.36. The zero-order valence-corrected chi connectivity index (χ0v) is 13.4. The van der Waals surface area contributed by atoms with Crippen LogP contribution in [0.3, 0.4) is 0 Å². The van der Waals surface area contributed by atoms with Gasteiger partial charge >= 0.3 is 23.9 Å². The van der Waals surface area contributed by atoms with Crippen LogP contribution in [0, 0.1) is 17.3 Å². The first-order valence-electron chi connectivity index (χ1n) is 8.13. The molecule has 24 heavy (non-hydrogen) atoms. The van der Waals surface area contributed by atoms with Crippen LogP contribution >= 0.6 is 0 Å². The Morgan fingerprint density at radius 3 is 1.17 bits per heavy atom. The maximum atomic E-state index is 10.7. The van der Waals surface area contributed by atoms with Gasteiger partial charge in [-0.15, -0.1) is 0 Å². The molecular weight excluding hydrogens is 320 g/mol. The molecule has 2 aliphatic rings. The molecule has 0 unspecified atom stereocenters. The van der Waals surface area contributed by atoms with Crippen molar-refractivity contribution in [2.75, 3.05) is 0 Å². The van der Waals surface area contributed by atoms with E-state index >= 15 is 0 Å². The molecule has 136 valence electrons. The number of hydrogen-bond donors (Lipinski definition) is 4. The van der Waals surface area contributed by atoms with Crippen LogP contribution in [-0.4, -0.2) is 44.3 Å². The van der Waals surface area contributed by atoms with Crippen molar-refractivity contribution < 1.29 is 39.6 Å². The number of carboxylic acid groups (broad SMARTS) is 4. The lowest BCUT2D eigenvalue weighted by Crippen LogP contribution is -2.40. The summed E-state index contributed by atoms with van der Waals surface area (Å²) in [5, 5.41) is 34.8. The molecule has 0 aromatic heterocycles. The molecule has 0 amide bonds. The fraction of sp³-hybridized carbons (Fsp3) is 0.750. The van der Waals surface area contributed by atoms with Gasteiger partial charge in [0.15, 0.2) is 5.41 Å². The summed E-state index contributed by atoms with van der Waals surface area (Å²) in [5.41, 5.74) is -1.49. The van der Waals surface area contributed by atoms with Gasteiger partial charge in [-0.2, -0.15) is 0 Å². The normalized spacial score (nSPS) is 25.7. The summed E-state index contributed by atoms with van der Waals surface area (Å²) >= 11 is 0. The van der Waals surface area contributed by atoms with Crippen LogP contribution in [0.2, 0.25) is 0 Å². The molecule has 8 nitrogen and oxygen atoms in total. The average Bonchev–Trinajstić information content (AvgIpc) is 2.55. The molecule has 2 rings (SSSR count). The predicted octanol–water partition coefficient (Wildman–Crippen LogP) is 2.07. The lowest BCUT2D eigenvalue weighted by atomic mass is 9.74. The summed E-state index contributed by atoms with van der Waals surface area (Å²) in [6.07, 6.45) is 4.94. The largest absolute Gasteiger partial charge is 0.481 e. The van der Waals surface area contributed by atoms with Crippen molar-refractivity contribution in [3.8, 4) is 0 Å². The summed E-state index contributed by atoms with van der Waals surface area (Å²) < 4.78 is 0. The van der Waals surface area contributed by atoms with E-state index in [1.807, 2.05) is 0 Å². The Morgan fingerprint density at radius 2 is 0.958 bits per heavy atom. The molecule has 2 fully saturated rings. The Balaban J connectivity index is 0.000000240. The van der Waals surface area contributed by atoms with E-state index in [0.29, 0.717) is 38.5 Å². The first kappa shape index (κ1) is 19.9. The van der Waals surface area contributed by atoms with Crippen LogP contribution in [0.15, 0.2) is 0 Å². The lowest BCUT2D eigenvalue weighted by Gasteiger charge is -2.28. The van der Waals surface area contributed by atoms with E-state index in [1.54, 1.807) is 0 Å². The summed E-state index contributed by atoms with van der Waals surface area (Å²) in [7, 11) is 0. The molecule has 0 saturated heterocycles. The van der Waals surface area contributed by atoms with Gasteiger partial charge in [0.1, 0.15) is 0 Å². The number of rotatable bonds is 4. The first-order chi connectivity index (χ1) is 11.2. The fourth-order valence-corrected chi connectivity index (χ4v) is 3.26. The van der Waals surface area contributed by atoms with E-state index in [1.165, 1.54) is 0 Å². The number of carbonyl (C=O) groups is 4. The second-order valence-electron chi connectivity index (χ2n) is 6.48. The van der Waals surface area contributed by atoms with Crippen molar-refractivity contribution in [3.63, 3.8) is 0 Å². The highest BCUT2D eigenvalue weighted by Gasteiger charge is 2.46. The maximum Gasteiger partial charge on any atom is 0.321 e. The molecule has 4 N–H and O–H groups in total. The molecule has 0 atom stereocenters. The summed E-state index contributed by atoms with van der Waals surface area (Å²) in [6.45, 7) is 0. The molecule has 2 saturated carbocycles. The third-order valence-electron chi connectivity index (χ3n) is 4.95. The SMILES string of the molecule is O=C(O)C1(C(=O)O)CCCCC1.O=C(O)C1CCC(C(=O)O)CC1. The van der Waals surface area contributed by atoms with E-state index < -0.39 is 29.3 Å². The zero-order chi connectivity index (χ0) is 18.3. The van der Waals surface area contributed by atoms with Crippen molar-refractivity contribution in [2.24, 2.45) is 17.3 Å². The minimum absolute atomic E-state index is 0.275. The molecule has 0 spiro atoms. The average molecular weight is 344 g/mol. The van der Waals surface area contributed by atoms with Crippen molar-refractivity contribution in [1.82, 2.24) is 0 Å². The molecule has 0 aromatic carbocycles. The van der Waals surface area contributed by atoms with Gasteiger partial charge in [-0.05, 0) is 38.5 Å². The molecular formula is C16H24O8. The molecule has 0 bridgehead atoms. The lowest BCUT2D eigenvalue weighted by molar-refractivity contribution is -0.167. The zero-order valence-electron chi connectivity index (χ0n) is 13.4. The fourth-order valence-electron chi connectivity index (χ4n) is 3.26. The summed E-state index contributed by atoms with van der Waals surface area (Å²) in [5.74, 6) is -4.59. The Morgan fingerprint density at radius 1 is 0.625 bits per heavy atom. The van der Waals surface area contributed by atoms with Gasteiger partial charge in [0, 0.05) is 0 Å². The monoisotopic (exact) mass is 344 g/mol. The predicted molar refractivity (Wildman–Crippen MR) is 81.5 cm³/mol. The maximum absolute atomic E-state index is 10.7. The minimum Gasteiger partial charge on any atom is -0.481 e. The van der Waals surface area contributed by atoms with Crippen LogP contribution in [0.25, 0.3) is 0 Å². The van der Waals surface area contributed by atoms with Gasteiger partial charge in [0.2, 0.25) is 0 Å². The summed E-state index contributed by atoms with van der Waals surface area (Å²) in [6, 6.07) is 0. The third kappa shape index (κ3) is 4.94. The highest BCUT2D eigenvalue weighted by molar-refractivity contribution is 5.98. The van der Waals surface area contributed by atoms with E-state index in [-0.39, 0.29) is 24.7 Å². The van der Waals surface area contributed by atoms with Gasteiger partial charge in [-0.1, -0.05) is 19.3 Å². The molecule has 0 aromatic rings. The number of aliphatic carboxylic acids is 4. The molecule has 8 heteroatoms. The quantitative estimate of drug-likeness (QED) is 0.566. The second-order valence-corrected chi connectivity index (χ2v) is 6.48. The summed E-state index contributed by atoms with van der Waals surface area (Å²) in [4.78, 5) is 42.4. The Bertz CT molecular complexity index is 446. The Kier molecular flexibility index (Phi) is 7.18. The van der Waals surface area contributed by atoms with Crippen molar-refractivity contribution in [3.05, 3.63) is 0 Å². The molecule has 0 aliphatic heterocycles. The minimum atomic E-state index is -1.49. The van der Waals surface area contributed by atoms with Gasteiger partial charge in [-0.25, -0.2) is 0 Å². The first-order valence-corrected chi connectivity index (χ1v) is 8.13. The topological polar surface area (TPSA) is 149 Å². The van der Waals surface area contributed by atoms with Gasteiger partial charge in [0.05, 0.1) is 11.8 Å². The molecule has 0 heterocycles. The van der Waals surface area contributed by atoms with E-state index in [9.17, 15) is 19.2 Å². The van der Waals surface area contributed by atoms with E-state index in [4.69, 9.17) is 20.4 Å². The van der Waals surface area contributed by atoms with Gasteiger partial charge in [-0.3, -0.25) is 19.2 Å². The number of hydrogen-bond acceptors (Lipinski definition) is 4. The van der Waals surface area contributed by atoms with Gasteiger partial charge in [0.25, 0.3) is 0 Å². The van der Waals surface area contributed by atoms with Gasteiger partial charge < -0.3 is 20.4 Å². The smallest absolute Gasteiger partial charge is 0.321 e. The van der Waals surface area contributed by atoms with Crippen LogP contribution < -0.4 is 0 Å². The van der Waals surface area contributed by atoms with Crippen LogP contribution in [0.1, 0.15) is 57.8 Å². The molecule has 2 aliphatic carbocycles.